The first-order chi connectivity index (χ1) is 11.1. The highest BCUT2D eigenvalue weighted by Gasteiger charge is 2.18. The summed E-state index contributed by atoms with van der Waals surface area (Å²) in [6, 6.07) is 4.82. The number of fused-ring (bicyclic) bond motifs is 1. The summed E-state index contributed by atoms with van der Waals surface area (Å²) in [4.78, 5) is 23.8. The number of hydrogen-bond acceptors (Lipinski definition) is 5. The van der Waals surface area contributed by atoms with Crippen molar-refractivity contribution in [2.75, 3.05) is 19.9 Å². The van der Waals surface area contributed by atoms with Crippen LogP contribution in [0.15, 0.2) is 27.4 Å². The van der Waals surface area contributed by atoms with E-state index in [2.05, 4.69) is 0 Å². The lowest BCUT2D eigenvalue weighted by Gasteiger charge is -2.12. The first kappa shape index (κ1) is 17.0. The van der Waals surface area contributed by atoms with Crippen LogP contribution in [-0.4, -0.2) is 25.9 Å². The number of aryl methyl sites for hydroxylation is 1. The van der Waals surface area contributed by atoms with Gasteiger partial charge in [-0.15, -0.1) is 0 Å². The van der Waals surface area contributed by atoms with Crippen LogP contribution in [0, 0.1) is 0 Å². The molecule has 0 saturated heterocycles. The first-order valence-electron chi connectivity index (χ1n) is 7.58. The van der Waals surface area contributed by atoms with Crippen molar-refractivity contribution in [3.8, 4) is 5.75 Å². The molecule has 0 fully saturated rings. The molecule has 0 aliphatic rings. The van der Waals surface area contributed by atoms with Crippen LogP contribution in [0.3, 0.4) is 0 Å². The van der Waals surface area contributed by atoms with Crippen molar-refractivity contribution in [3.05, 3.63) is 39.7 Å². The van der Waals surface area contributed by atoms with E-state index >= 15 is 0 Å². The van der Waals surface area contributed by atoms with Crippen molar-refractivity contribution < 1.29 is 23.1 Å². The zero-order chi connectivity index (χ0) is 16.8. The molecule has 2 aromatic rings. The van der Waals surface area contributed by atoms with Gasteiger partial charge in [-0.25, -0.2) is 14.0 Å². The summed E-state index contributed by atoms with van der Waals surface area (Å²) >= 11 is 0. The number of carbonyl (C=O) groups is 1. The van der Waals surface area contributed by atoms with E-state index in [4.69, 9.17) is 13.9 Å². The van der Waals surface area contributed by atoms with Gasteiger partial charge < -0.3 is 13.9 Å². The van der Waals surface area contributed by atoms with Crippen LogP contribution in [0.2, 0.25) is 0 Å². The molecule has 1 aromatic heterocycles. The largest absolute Gasteiger partial charge is 0.490 e. The van der Waals surface area contributed by atoms with Crippen LogP contribution in [-0.2, 0) is 11.2 Å². The van der Waals surface area contributed by atoms with Gasteiger partial charge in [0.25, 0.3) is 0 Å². The summed E-state index contributed by atoms with van der Waals surface area (Å²) in [7, 11) is 0. The minimum Gasteiger partial charge on any atom is -0.490 e. The third-order valence-corrected chi connectivity index (χ3v) is 3.29. The molecule has 0 aliphatic carbocycles. The van der Waals surface area contributed by atoms with Crippen LogP contribution in [0.4, 0.5) is 4.39 Å². The van der Waals surface area contributed by atoms with Crippen molar-refractivity contribution >= 4 is 16.9 Å². The molecule has 124 valence electrons. The van der Waals surface area contributed by atoms with Crippen LogP contribution < -0.4 is 10.4 Å². The highest BCUT2D eigenvalue weighted by molar-refractivity contribution is 5.93. The Morgan fingerprint density at radius 1 is 1.30 bits per heavy atom. The lowest BCUT2D eigenvalue weighted by molar-refractivity contribution is 0.0522. The fraction of sp³-hybridized carbons (Fsp3) is 0.412. The number of hydrogen-bond donors (Lipinski definition) is 0. The fourth-order valence-electron chi connectivity index (χ4n) is 2.35. The molecule has 23 heavy (non-hydrogen) atoms. The number of carbonyl (C=O) groups excluding carboxylic acids is 1. The van der Waals surface area contributed by atoms with E-state index in [1.807, 2.05) is 6.92 Å². The molecule has 0 bridgehead atoms. The second kappa shape index (κ2) is 7.76. The molecule has 0 N–H and O–H groups in total. The Balaban J connectivity index is 2.57. The second-order valence-corrected chi connectivity index (χ2v) is 4.92. The average Bonchev–Trinajstić information content (AvgIpc) is 2.54. The Hall–Kier alpha value is -2.37. The number of halogens is 1. The molecule has 0 unspecified atom stereocenters. The summed E-state index contributed by atoms with van der Waals surface area (Å²) in [6.07, 6.45) is 1.41. The summed E-state index contributed by atoms with van der Waals surface area (Å²) in [6.45, 7) is 3.15. The van der Waals surface area contributed by atoms with Gasteiger partial charge in [0.1, 0.15) is 30.2 Å². The molecular weight excluding hydrogens is 303 g/mol. The molecule has 5 nitrogen and oxygen atoms in total. The van der Waals surface area contributed by atoms with Gasteiger partial charge in [0.15, 0.2) is 0 Å². The number of benzene rings is 1. The maximum atomic E-state index is 12.3. The lowest BCUT2D eigenvalue weighted by atomic mass is 10.0. The highest BCUT2D eigenvalue weighted by Crippen LogP contribution is 2.29. The van der Waals surface area contributed by atoms with Gasteiger partial charge in [0, 0.05) is 10.9 Å². The van der Waals surface area contributed by atoms with E-state index in [-0.39, 0.29) is 18.8 Å². The molecule has 1 heterocycles. The molecule has 0 amide bonds. The van der Waals surface area contributed by atoms with E-state index in [1.54, 1.807) is 19.1 Å². The molecule has 0 aliphatic heterocycles. The Kier molecular flexibility index (Phi) is 5.73. The zero-order valence-corrected chi connectivity index (χ0v) is 13.2. The molecule has 2 rings (SSSR count). The quantitative estimate of drug-likeness (QED) is 0.578. The van der Waals surface area contributed by atoms with Crippen LogP contribution >= 0.6 is 0 Å². The third-order valence-electron chi connectivity index (χ3n) is 3.29. The normalized spacial score (nSPS) is 10.7. The number of rotatable bonds is 7. The second-order valence-electron chi connectivity index (χ2n) is 4.92. The van der Waals surface area contributed by atoms with Gasteiger partial charge in [0.05, 0.1) is 6.61 Å². The number of ether oxygens (including phenoxy) is 2. The summed E-state index contributed by atoms with van der Waals surface area (Å²) < 4.78 is 27.9. The van der Waals surface area contributed by atoms with Crippen molar-refractivity contribution in [2.24, 2.45) is 0 Å². The predicted octanol–water partition coefficient (Wildman–Crippen LogP) is 3.27. The van der Waals surface area contributed by atoms with Gasteiger partial charge in [0.2, 0.25) is 0 Å². The van der Waals surface area contributed by atoms with Gasteiger partial charge in [-0.3, -0.25) is 0 Å². The van der Waals surface area contributed by atoms with Crippen molar-refractivity contribution in [3.63, 3.8) is 0 Å². The molecule has 0 spiro atoms. The molecule has 0 saturated carbocycles. The zero-order valence-electron chi connectivity index (χ0n) is 13.2. The van der Waals surface area contributed by atoms with Gasteiger partial charge in [-0.2, -0.15) is 0 Å². The maximum absolute atomic E-state index is 12.3. The van der Waals surface area contributed by atoms with E-state index in [0.717, 1.165) is 6.42 Å². The minimum absolute atomic E-state index is 0.0621. The average molecular weight is 322 g/mol. The Bertz CT molecular complexity index is 750. The molecule has 0 atom stereocenters. The monoisotopic (exact) mass is 322 g/mol. The molecular formula is C17H19FO5. The van der Waals surface area contributed by atoms with Crippen molar-refractivity contribution in [1.82, 2.24) is 0 Å². The Labute approximate surface area is 133 Å². The lowest BCUT2D eigenvalue weighted by Crippen LogP contribution is -2.16. The summed E-state index contributed by atoms with van der Waals surface area (Å²) in [5.74, 6) is -0.220. The van der Waals surface area contributed by atoms with E-state index in [0.29, 0.717) is 28.7 Å². The third kappa shape index (κ3) is 3.70. The number of alkyl halides is 1. The number of esters is 1. The van der Waals surface area contributed by atoms with Crippen molar-refractivity contribution in [2.45, 2.75) is 26.7 Å². The van der Waals surface area contributed by atoms with Crippen LogP contribution in [0.1, 0.15) is 36.2 Å². The summed E-state index contributed by atoms with van der Waals surface area (Å²) in [5, 5.41) is 0.601. The fourth-order valence-corrected chi connectivity index (χ4v) is 2.35. The van der Waals surface area contributed by atoms with E-state index < -0.39 is 18.3 Å². The Morgan fingerprint density at radius 2 is 2.09 bits per heavy atom. The highest BCUT2D eigenvalue weighted by atomic mass is 19.1. The first-order valence-corrected chi connectivity index (χ1v) is 7.58. The summed E-state index contributed by atoms with van der Waals surface area (Å²) in [5.41, 5.74) is 0.169. The van der Waals surface area contributed by atoms with Crippen molar-refractivity contribution in [1.29, 1.82) is 0 Å². The molecule has 6 heteroatoms. The predicted molar refractivity (Wildman–Crippen MR) is 83.9 cm³/mol. The van der Waals surface area contributed by atoms with Gasteiger partial charge in [-0.05, 0) is 31.5 Å². The smallest absolute Gasteiger partial charge is 0.351 e. The van der Waals surface area contributed by atoms with Crippen LogP contribution in [0.5, 0.6) is 5.75 Å². The van der Waals surface area contributed by atoms with Gasteiger partial charge in [-0.1, -0.05) is 13.3 Å². The standard InChI is InChI=1S/C17H19FO5/c1-3-5-12-14(22-9-8-18)7-6-11-10-13(16(19)21-4-2)17(20)23-15(11)12/h6-7,10H,3-5,8-9H2,1-2H3. The minimum atomic E-state index is -0.754. The topological polar surface area (TPSA) is 65.7 Å². The van der Waals surface area contributed by atoms with E-state index in [1.165, 1.54) is 6.07 Å². The van der Waals surface area contributed by atoms with Gasteiger partial charge >= 0.3 is 11.6 Å². The molecule has 1 aromatic carbocycles. The Morgan fingerprint density at radius 3 is 2.74 bits per heavy atom. The van der Waals surface area contributed by atoms with Crippen LogP contribution in [0.25, 0.3) is 11.0 Å². The maximum Gasteiger partial charge on any atom is 0.351 e. The SMILES string of the molecule is CCCc1c(OCCF)ccc2cc(C(=O)OCC)c(=O)oc12. The molecule has 0 radical (unpaired) electrons. The van der Waals surface area contributed by atoms with E-state index in [9.17, 15) is 14.0 Å².